The summed E-state index contributed by atoms with van der Waals surface area (Å²) in [6.07, 6.45) is 2.64. The van der Waals surface area contributed by atoms with Gasteiger partial charge in [0.15, 0.2) is 5.84 Å². The van der Waals surface area contributed by atoms with Gasteiger partial charge < -0.3 is 16.3 Å². The summed E-state index contributed by atoms with van der Waals surface area (Å²) < 4.78 is 0. The van der Waals surface area contributed by atoms with E-state index in [0.717, 1.165) is 6.42 Å². The fourth-order valence-corrected chi connectivity index (χ4v) is 1.38. The highest BCUT2D eigenvalue weighted by atomic mass is 16.4. The van der Waals surface area contributed by atoms with Crippen molar-refractivity contribution in [3.05, 3.63) is 12.2 Å². The zero-order chi connectivity index (χ0) is 12.7. The van der Waals surface area contributed by atoms with E-state index in [9.17, 15) is 4.79 Å². The Morgan fingerprint density at radius 3 is 3.06 bits per heavy atom. The zero-order valence-electron chi connectivity index (χ0n) is 9.55. The second-order valence-corrected chi connectivity index (χ2v) is 3.52. The van der Waals surface area contributed by atoms with E-state index in [2.05, 4.69) is 25.7 Å². The van der Waals surface area contributed by atoms with E-state index >= 15 is 0 Å². The number of amides is 1. The number of oxime groups is 1. The first-order valence-corrected chi connectivity index (χ1v) is 5.28. The van der Waals surface area contributed by atoms with Crippen molar-refractivity contribution in [2.24, 2.45) is 16.8 Å². The lowest BCUT2D eigenvalue weighted by molar-refractivity contribution is -0.123. The first kappa shape index (κ1) is 12.9. The molecule has 0 fully saturated rings. The maximum atomic E-state index is 11.8. The Morgan fingerprint density at radius 1 is 1.76 bits per heavy atom. The van der Waals surface area contributed by atoms with Crippen LogP contribution >= 0.6 is 0 Å². The number of rotatable bonds is 6. The van der Waals surface area contributed by atoms with Crippen LogP contribution in [0.2, 0.25) is 0 Å². The Bertz CT molecular complexity index is 375. The normalized spacial score (nSPS) is 13.4. The van der Waals surface area contributed by atoms with Crippen molar-refractivity contribution in [1.29, 1.82) is 0 Å². The molecule has 1 atom stereocenters. The quantitative estimate of drug-likeness (QED) is 0.232. The molecular formula is C9H16N6O2. The van der Waals surface area contributed by atoms with E-state index in [0.29, 0.717) is 12.2 Å². The second kappa shape index (κ2) is 6.46. The van der Waals surface area contributed by atoms with Gasteiger partial charge in [-0.25, -0.2) is 4.98 Å². The molecule has 0 aliphatic rings. The fourth-order valence-electron chi connectivity index (χ4n) is 1.38. The number of aromatic nitrogens is 3. The number of carbonyl (C=O) groups is 1. The Kier molecular flexibility index (Phi) is 4.92. The number of hydrogen-bond donors (Lipinski definition) is 4. The van der Waals surface area contributed by atoms with Gasteiger partial charge in [0.05, 0.1) is 12.5 Å². The standard InChI is InChI=1S/C9H16N6O2/c1-2-3-6(8(10)15-17)9(16)11-4-7-12-5-13-14-7/h5-6,17H,2-4H2,1H3,(H2,10,15)(H,11,16)(H,12,13,14). The van der Waals surface area contributed by atoms with Crippen LogP contribution in [0.3, 0.4) is 0 Å². The minimum atomic E-state index is -0.618. The van der Waals surface area contributed by atoms with Crippen molar-refractivity contribution in [3.8, 4) is 0 Å². The van der Waals surface area contributed by atoms with Gasteiger partial charge in [-0.1, -0.05) is 18.5 Å². The molecule has 1 aromatic rings. The minimum absolute atomic E-state index is 0.0816. The number of carbonyl (C=O) groups excluding carboxylic acids is 1. The number of nitrogens with two attached hydrogens (primary N) is 1. The molecule has 1 rings (SSSR count). The lowest BCUT2D eigenvalue weighted by Crippen LogP contribution is -2.38. The van der Waals surface area contributed by atoms with Gasteiger partial charge in [-0.3, -0.25) is 9.89 Å². The van der Waals surface area contributed by atoms with E-state index in [1.807, 2.05) is 6.92 Å². The summed E-state index contributed by atoms with van der Waals surface area (Å²) in [5.41, 5.74) is 5.46. The minimum Gasteiger partial charge on any atom is -0.409 e. The molecule has 94 valence electrons. The largest absolute Gasteiger partial charge is 0.409 e. The second-order valence-electron chi connectivity index (χ2n) is 3.52. The van der Waals surface area contributed by atoms with Gasteiger partial charge >= 0.3 is 0 Å². The lowest BCUT2D eigenvalue weighted by Gasteiger charge is -2.13. The Hall–Kier alpha value is -2.12. The predicted molar refractivity (Wildman–Crippen MR) is 60.0 cm³/mol. The van der Waals surface area contributed by atoms with E-state index < -0.39 is 5.92 Å². The molecule has 1 aromatic heterocycles. The highest BCUT2D eigenvalue weighted by molar-refractivity contribution is 6.01. The molecule has 0 aliphatic heterocycles. The van der Waals surface area contributed by atoms with Crippen molar-refractivity contribution >= 4 is 11.7 Å². The molecular weight excluding hydrogens is 224 g/mol. The molecule has 0 aromatic carbocycles. The molecule has 1 unspecified atom stereocenters. The summed E-state index contributed by atoms with van der Waals surface area (Å²) >= 11 is 0. The number of hydrogen-bond acceptors (Lipinski definition) is 5. The van der Waals surface area contributed by atoms with E-state index in [4.69, 9.17) is 10.9 Å². The summed E-state index contributed by atoms with van der Waals surface area (Å²) in [5.74, 6) is -0.443. The van der Waals surface area contributed by atoms with Gasteiger partial charge in [-0.15, -0.1) is 0 Å². The van der Waals surface area contributed by atoms with E-state index in [1.54, 1.807) is 0 Å². The highest BCUT2D eigenvalue weighted by Crippen LogP contribution is 2.07. The average Bonchev–Trinajstić information content (AvgIpc) is 2.85. The molecule has 5 N–H and O–H groups in total. The maximum Gasteiger partial charge on any atom is 0.231 e. The monoisotopic (exact) mass is 240 g/mol. The van der Waals surface area contributed by atoms with Crippen LogP contribution in [0.15, 0.2) is 11.5 Å². The molecule has 1 amide bonds. The molecule has 17 heavy (non-hydrogen) atoms. The van der Waals surface area contributed by atoms with Crippen molar-refractivity contribution in [1.82, 2.24) is 20.5 Å². The van der Waals surface area contributed by atoms with Crippen LogP contribution in [0.4, 0.5) is 0 Å². The van der Waals surface area contributed by atoms with E-state index in [-0.39, 0.29) is 18.3 Å². The first-order valence-electron chi connectivity index (χ1n) is 5.28. The maximum absolute atomic E-state index is 11.8. The van der Waals surface area contributed by atoms with E-state index in [1.165, 1.54) is 6.33 Å². The van der Waals surface area contributed by atoms with Crippen molar-refractivity contribution in [2.45, 2.75) is 26.3 Å². The molecule has 8 heteroatoms. The van der Waals surface area contributed by atoms with Crippen molar-refractivity contribution in [3.63, 3.8) is 0 Å². The van der Waals surface area contributed by atoms with Gasteiger partial charge in [0, 0.05) is 0 Å². The average molecular weight is 240 g/mol. The van der Waals surface area contributed by atoms with Gasteiger partial charge in [0.25, 0.3) is 0 Å². The van der Waals surface area contributed by atoms with Gasteiger partial charge in [0.2, 0.25) is 5.91 Å². The summed E-state index contributed by atoms with van der Waals surface area (Å²) in [5, 5.41) is 20.4. The van der Waals surface area contributed by atoms with Crippen LogP contribution in [0.1, 0.15) is 25.6 Å². The van der Waals surface area contributed by atoms with Gasteiger partial charge in [0.1, 0.15) is 12.2 Å². The number of nitrogens with zero attached hydrogens (tertiary/aromatic N) is 3. The van der Waals surface area contributed by atoms with Gasteiger partial charge in [-0.05, 0) is 6.42 Å². The van der Waals surface area contributed by atoms with Gasteiger partial charge in [-0.2, -0.15) is 5.10 Å². The Morgan fingerprint density at radius 2 is 2.53 bits per heavy atom. The van der Waals surface area contributed by atoms with Crippen LogP contribution < -0.4 is 11.1 Å². The third-order valence-corrected chi connectivity index (χ3v) is 2.26. The molecule has 0 saturated carbocycles. The molecule has 0 saturated heterocycles. The predicted octanol–water partition coefficient (Wildman–Crippen LogP) is -0.416. The summed E-state index contributed by atoms with van der Waals surface area (Å²) in [4.78, 5) is 15.6. The Labute approximate surface area is 98.3 Å². The molecule has 0 aliphatic carbocycles. The topological polar surface area (TPSA) is 129 Å². The van der Waals surface area contributed by atoms with Crippen LogP contribution in [0.5, 0.6) is 0 Å². The van der Waals surface area contributed by atoms with Crippen LogP contribution in [0.25, 0.3) is 0 Å². The van der Waals surface area contributed by atoms with Crippen LogP contribution in [-0.2, 0) is 11.3 Å². The lowest BCUT2D eigenvalue weighted by atomic mass is 10.0. The molecule has 0 spiro atoms. The third kappa shape index (κ3) is 3.74. The zero-order valence-corrected chi connectivity index (χ0v) is 9.55. The Balaban J connectivity index is 2.53. The smallest absolute Gasteiger partial charge is 0.231 e. The van der Waals surface area contributed by atoms with Crippen molar-refractivity contribution in [2.75, 3.05) is 0 Å². The van der Waals surface area contributed by atoms with Crippen LogP contribution in [-0.4, -0.2) is 32.1 Å². The summed E-state index contributed by atoms with van der Waals surface area (Å²) in [7, 11) is 0. The molecule has 1 heterocycles. The van der Waals surface area contributed by atoms with Crippen LogP contribution in [0, 0.1) is 5.92 Å². The van der Waals surface area contributed by atoms with Crippen molar-refractivity contribution < 1.29 is 10.0 Å². The highest BCUT2D eigenvalue weighted by Gasteiger charge is 2.22. The summed E-state index contributed by atoms with van der Waals surface area (Å²) in [6, 6.07) is 0. The number of aromatic amines is 1. The fraction of sp³-hybridized carbons (Fsp3) is 0.556. The number of amidine groups is 1. The molecule has 8 nitrogen and oxygen atoms in total. The third-order valence-electron chi connectivity index (χ3n) is 2.26. The molecule has 0 radical (unpaired) electrons. The first-order chi connectivity index (χ1) is 8.19. The number of nitrogens with one attached hydrogen (secondary N) is 2. The molecule has 0 bridgehead atoms. The summed E-state index contributed by atoms with van der Waals surface area (Å²) in [6.45, 7) is 2.15. The SMILES string of the molecule is CCCC(C(=O)NCc1ncn[nH]1)C(N)=NO. The number of H-pyrrole nitrogens is 1.